The van der Waals surface area contributed by atoms with Gasteiger partial charge in [0.2, 0.25) is 5.91 Å². The molecule has 3 rings (SSSR count). The lowest BCUT2D eigenvalue weighted by Crippen LogP contribution is -2.49. The van der Waals surface area contributed by atoms with E-state index in [1.165, 1.54) is 0 Å². The van der Waals surface area contributed by atoms with Crippen LogP contribution in [0, 0.1) is 0 Å². The number of nitrogens with zero attached hydrogens (tertiary/aromatic N) is 2. The Balaban J connectivity index is 1.71. The number of hydrogen-bond acceptors (Lipinski definition) is 5. The molecule has 7 heteroatoms. The van der Waals surface area contributed by atoms with Gasteiger partial charge in [-0.1, -0.05) is 0 Å². The second-order valence-corrected chi connectivity index (χ2v) is 5.76. The van der Waals surface area contributed by atoms with E-state index < -0.39 is 5.79 Å². The second-order valence-electron chi connectivity index (χ2n) is 5.76. The summed E-state index contributed by atoms with van der Waals surface area (Å²) in [7, 11) is 3.32. The molecule has 7 nitrogen and oxygen atoms in total. The minimum Gasteiger partial charge on any atom is -0.366 e. The van der Waals surface area contributed by atoms with Gasteiger partial charge < -0.3 is 14.4 Å². The molecule has 1 N–H and O–H groups in total. The summed E-state index contributed by atoms with van der Waals surface area (Å²) in [4.78, 5) is 26.8. The molecule has 2 saturated heterocycles. The third-order valence-electron chi connectivity index (χ3n) is 4.52. The van der Waals surface area contributed by atoms with Crippen LogP contribution in [0.4, 0.5) is 16.2 Å². The molecule has 0 aliphatic carbocycles. The number of ether oxygens (including phenoxy) is 2. The van der Waals surface area contributed by atoms with Gasteiger partial charge in [-0.2, -0.15) is 0 Å². The first-order chi connectivity index (χ1) is 11.1. The molecule has 0 bridgehead atoms. The number of anilines is 2. The van der Waals surface area contributed by atoms with Crippen LogP contribution in [0.25, 0.3) is 0 Å². The summed E-state index contributed by atoms with van der Waals surface area (Å²) in [6.07, 6.45) is 1.13. The summed E-state index contributed by atoms with van der Waals surface area (Å²) in [6.45, 7) is 1.92. The molecule has 23 heavy (non-hydrogen) atoms. The van der Waals surface area contributed by atoms with Gasteiger partial charge in [0.25, 0.3) is 0 Å². The Labute approximate surface area is 135 Å². The van der Waals surface area contributed by atoms with Crippen molar-refractivity contribution in [2.24, 2.45) is 0 Å². The number of carbonyl (C=O) groups excluding carboxylic acids is 2. The highest BCUT2D eigenvalue weighted by atomic mass is 16.7. The van der Waals surface area contributed by atoms with E-state index in [0.717, 1.165) is 24.3 Å². The maximum Gasteiger partial charge on any atom is 0.328 e. The Morgan fingerprint density at radius 1 is 1.04 bits per heavy atom. The van der Waals surface area contributed by atoms with Crippen LogP contribution < -0.4 is 15.1 Å². The zero-order valence-electron chi connectivity index (χ0n) is 13.4. The van der Waals surface area contributed by atoms with Crippen LogP contribution in [0.3, 0.4) is 0 Å². The normalized spacial score (nSPS) is 20.8. The van der Waals surface area contributed by atoms with E-state index in [-0.39, 0.29) is 11.9 Å². The average molecular weight is 319 g/mol. The van der Waals surface area contributed by atoms with Gasteiger partial charge in [-0.15, -0.1) is 0 Å². The lowest BCUT2D eigenvalue weighted by Gasteiger charge is -2.28. The van der Waals surface area contributed by atoms with Gasteiger partial charge in [-0.3, -0.25) is 15.0 Å². The Hall–Kier alpha value is -2.12. The van der Waals surface area contributed by atoms with Gasteiger partial charge >= 0.3 is 6.03 Å². The van der Waals surface area contributed by atoms with Crippen molar-refractivity contribution in [2.75, 3.05) is 43.7 Å². The SMILES string of the molecule is COC1(OC)CCN(c2ccc(N3CCC(=O)NC3=O)cc2)C1. The van der Waals surface area contributed by atoms with Crippen LogP contribution in [0.15, 0.2) is 24.3 Å². The van der Waals surface area contributed by atoms with E-state index in [0.29, 0.717) is 19.5 Å². The summed E-state index contributed by atoms with van der Waals surface area (Å²) in [5, 5.41) is 2.33. The number of hydrogen-bond donors (Lipinski definition) is 1. The molecule has 0 radical (unpaired) electrons. The van der Waals surface area contributed by atoms with Crippen LogP contribution in [-0.2, 0) is 14.3 Å². The Kier molecular flexibility index (Phi) is 4.23. The molecule has 0 aromatic heterocycles. The van der Waals surface area contributed by atoms with Gasteiger partial charge in [0.05, 0.1) is 6.54 Å². The van der Waals surface area contributed by atoms with Crippen molar-refractivity contribution in [1.29, 1.82) is 0 Å². The van der Waals surface area contributed by atoms with Crippen LogP contribution >= 0.6 is 0 Å². The van der Waals surface area contributed by atoms with Crippen molar-refractivity contribution in [3.05, 3.63) is 24.3 Å². The molecule has 2 fully saturated rings. The first-order valence-electron chi connectivity index (χ1n) is 7.63. The summed E-state index contributed by atoms with van der Waals surface area (Å²) in [5.41, 5.74) is 1.83. The number of urea groups is 1. The summed E-state index contributed by atoms with van der Waals surface area (Å²) in [6, 6.07) is 7.36. The molecule has 2 heterocycles. The zero-order chi connectivity index (χ0) is 16.4. The number of benzene rings is 1. The van der Waals surface area contributed by atoms with Gasteiger partial charge in [0.1, 0.15) is 0 Å². The smallest absolute Gasteiger partial charge is 0.328 e. The predicted octanol–water partition coefficient (Wildman–Crippen LogP) is 1.33. The zero-order valence-corrected chi connectivity index (χ0v) is 13.4. The lowest BCUT2D eigenvalue weighted by atomic mass is 10.2. The average Bonchev–Trinajstić information content (AvgIpc) is 3.00. The molecule has 3 amide bonds. The van der Waals surface area contributed by atoms with Crippen LogP contribution in [-0.4, -0.2) is 51.6 Å². The number of imide groups is 1. The van der Waals surface area contributed by atoms with E-state index in [1.807, 2.05) is 24.3 Å². The van der Waals surface area contributed by atoms with E-state index in [2.05, 4.69) is 10.2 Å². The van der Waals surface area contributed by atoms with Gasteiger partial charge in [0.15, 0.2) is 5.79 Å². The van der Waals surface area contributed by atoms with Crippen molar-refractivity contribution in [1.82, 2.24) is 5.32 Å². The van der Waals surface area contributed by atoms with E-state index in [9.17, 15) is 9.59 Å². The van der Waals surface area contributed by atoms with Crippen molar-refractivity contribution in [3.63, 3.8) is 0 Å². The van der Waals surface area contributed by atoms with Crippen molar-refractivity contribution in [2.45, 2.75) is 18.6 Å². The number of methoxy groups -OCH3 is 2. The van der Waals surface area contributed by atoms with Crippen LogP contribution in [0.5, 0.6) is 0 Å². The molecule has 0 unspecified atom stereocenters. The molecule has 0 spiro atoms. The van der Waals surface area contributed by atoms with Crippen molar-refractivity contribution >= 4 is 23.3 Å². The predicted molar refractivity (Wildman–Crippen MR) is 85.5 cm³/mol. The highest BCUT2D eigenvalue weighted by Gasteiger charge is 2.38. The number of nitrogens with one attached hydrogen (secondary N) is 1. The second kappa shape index (κ2) is 6.17. The van der Waals surface area contributed by atoms with E-state index in [1.54, 1.807) is 19.1 Å². The van der Waals surface area contributed by atoms with Crippen LogP contribution in [0.2, 0.25) is 0 Å². The van der Waals surface area contributed by atoms with Gasteiger partial charge in [0, 0.05) is 51.5 Å². The number of carbonyl (C=O) groups is 2. The quantitative estimate of drug-likeness (QED) is 0.848. The molecule has 2 aliphatic heterocycles. The lowest BCUT2D eigenvalue weighted by molar-refractivity contribution is -0.189. The summed E-state index contributed by atoms with van der Waals surface area (Å²) >= 11 is 0. The highest BCUT2D eigenvalue weighted by molar-refractivity contribution is 6.05. The number of rotatable bonds is 4. The van der Waals surface area contributed by atoms with Crippen molar-refractivity contribution < 1.29 is 19.1 Å². The molecule has 2 aliphatic rings. The fourth-order valence-electron chi connectivity index (χ4n) is 3.05. The van der Waals surface area contributed by atoms with Crippen molar-refractivity contribution in [3.8, 4) is 0 Å². The number of amides is 3. The molecule has 0 saturated carbocycles. The first kappa shape index (κ1) is 15.8. The summed E-state index contributed by atoms with van der Waals surface area (Å²) < 4.78 is 11.0. The fraction of sp³-hybridized carbons (Fsp3) is 0.500. The maximum absolute atomic E-state index is 11.9. The highest BCUT2D eigenvalue weighted by Crippen LogP contribution is 2.31. The molecule has 124 valence electrons. The minimum atomic E-state index is -0.550. The third kappa shape index (κ3) is 3.02. The Morgan fingerprint density at radius 3 is 2.26 bits per heavy atom. The Bertz CT molecular complexity index is 598. The Morgan fingerprint density at radius 2 is 1.70 bits per heavy atom. The van der Waals surface area contributed by atoms with Gasteiger partial charge in [-0.05, 0) is 24.3 Å². The largest absolute Gasteiger partial charge is 0.366 e. The molecule has 0 atom stereocenters. The topological polar surface area (TPSA) is 71.1 Å². The monoisotopic (exact) mass is 319 g/mol. The van der Waals surface area contributed by atoms with Crippen LogP contribution in [0.1, 0.15) is 12.8 Å². The standard InChI is InChI=1S/C16H21N3O4/c1-22-16(23-2)8-10-18(11-16)12-3-5-13(6-4-12)19-9-7-14(20)17-15(19)21/h3-6H,7-11H2,1-2H3,(H,17,20,21). The third-order valence-corrected chi connectivity index (χ3v) is 4.52. The van der Waals surface area contributed by atoms with E-state index >= 15 is 0 Å². The fourth-order valence-corrected chi connectivity index (χ4v) is 3.05. The van der Waals surface area contributed by atoms with Gasteiger partial charge in [-0.25, -0.2) is 4.79 Å². The molecular formula is C16H21N3O4. The first-order valence-corrected chi connectivity index (χ1v) is 7.63. The maximum atomic E-state index is 11.9. The molecule has 1 aromatic carbocycles. The molecule has 1 aromatic rings. The molecular weight excluding hydrogens is 298 g/mol. The van der Waals surface area contributed by atoms with E-state index in [4.69, 9.17) is 9.47 Å². The summed E-state index contributed by atoms with van der Waals surface area (Å²) in [5.74, 6) is -0.776. The minimum absolute atomic E-state index is 0.226.